The molecule has 0 unspecified atom stereocenters. The normalized spacial score (nSPS) is 11.0. The summed E-state index contributed by atoms with van der Waals surface area (Å²) in [7, 11) is 1.26. The lowest BCUT2D eigenvalue weighted by atomic mass is 10.1. The maximum Gasteiger partial charge on any atom is 0.332 e. The fourth-order valence-electron chi connectivity index (χ4n) is 2.35. The minimum Gasteiger partial charge on any atom is -0.384 e. The second kappa shape index (κ2) is 6.71. The van der Waals surface area contributed by atoms with E-state index >= 15 is 0 Å². The zero-order valence-electron chi connectivity index (χ0n) is 14.0. The summed E-state index contributed by atoms with van der Waals surface area (Å²) in [5.41, 5.74) is 3.87. The number of hydrogen-bond donors (Lipinski definition) is 1. The van der Waals surface area contributed by atoms with Crippen molar-refractivity contribution in [1.82, 2.24) is 18.9 Å². The van der Waals surface area contributed by atoms with Gasteiger partial charge in [-0.05, 0) is 5.92 Å². The third-order valence-corrected chi connectivity index (χ3v) is 3.55. The molecule has 134 valence electrons. The van der Waals surface area contributed by atoms with Gasteiger partial charge in [-0.25, -0.2) is 4.79 Å². The van der Waals surface area contributed by atoms with Gasteiger partial charge in [0.15, 0.2) is 5.78 Å². The van der Waals surface area contributed by atoms with Crippen molar-refractivity contribution in [2.45, 2.75) is 26.9 Å². The highest BCUT2D eigenvalue weighted by Gasteiger charge is 2.23. The summed E-state index contributed by atoms with van der Waals surface area (Å²) < 4.78 is 3.03. The Hall–Kier alpha value is -3.24. The number of Topliss-reactive ketones (excluding diaryl/α,β-unsaturated/α-hetero) is 1. The van der Waals surface area contributed by atoms with E-state index in [9.17, 15) is 24.5 Å². The Kier molecular flexibility index (Phi) is 4.86. The topological polar surface area (TPSA) is 148 Å². The number of ketones is 1. The summed E-state index contributed by atoms with van der Waals surface area (Å²) in [6.07, 6.45) is 2.07. The Morgan fingerprint density at radius 2 is 2.04 bits per heavy atom. The molecule has 2 heterocycles. The number of carbonyl (C=O) groups excluding carboxylic acids is 1. The smallest absolute Gasteiger partial charge is 0.332 e. The van der Waals surface area contributed by atoms with E-state index in [1.54, 1.807) is 0 Å². The number of nitrogen functional groups attached to an aromatic ring is 1. The fraction of sp³-hybridized carbons (Fsp3) is 0.429. The van der Waals surface area contributed by atoms with E-state index in [4.69, 9.17) is 5.73 Å². The standard InChI is InChI=1S/C14H18N6O5/c1-8(2)5-19-12(15)11(13(22)17(3)14(19)23)10(21)7-18-6-9(4-16-18)20(24)25/h4,6,8H,5,7,15H2,1-3H3. The number of anilines is 1. The van der Waals surface area contributed by atoms with Gasteiger partial charge in [-0.15, -0.1) is 0 Å². The minimum absolute atomic E-state index is 0.0641. The Balaban J connectivity index is 2.48. The van der Waals surface area contributed by atoms with Crippen molar-refractivity contribution in [3.05, 3.63) is 48.9 Å². The average molecular weight is 350 g/mol. The Labute approximate surface area is 141 Å². The molecule has 0 saturated carbocycles. The first kappa shape index (κ1) is 18.1. The molecule has 0 fully saturated rings. The zero-order valence-corrected chi connectivity index (χ0v) is 14.0. The predicted molar refractivity (Wildman–Crippen MR) is 88.4 cm³/mol. The molecular formula is C14H18N6O5. The van der Waals surface area contributed by atoms with Crippen molar-refractivity contribution in [2.24, 2.45) is 13.0 Å². The molecule has 11 nitrogen and oxygen atoms in total. The third-order valence-electron chi connectivity index (χ3n) is 3.55. The molecule has 0 bridgehead atoms. The fourth-order valence-corrected chi connectivity index (χ4v) is 2.35. The molecule has 0 atom stereocenters. The van der Waals surface area contributed by atoms with Crippen LogP contribution in [0, 0.1) is 16.0 Å². The quantitative estimate of drug-likeness (QED) is 0.430. The van der Waals surface area contributed by atoms with Crippen molar-refractivity contribution in [3.8, 4) is 0 Å². The third kappa shape index (κ3) is 3.49. The summed E-state index contributed by atoms with van der Waals surface area (Å²) in [4.78, 5) is 47.0. The highest BCUT2D eigenvalue weighted by atomic mass is 16.6. The van der Waals surface area contributed by atoms with Crippen LogP contribution in [0.1, 0.15) is 24.2 Å². The van der Waals surface area contributed by atoms with Crippen LogP contribution in [0.2, 0.25) is 0 Å². The predicted octanol–water partition coefficient (Wildman–Crippen LogP) is -0.227. The maximum atomic E-state index is 12.5. The first-order chi connectivity index (χ1) is 11.6. The molecule has 0 amide bonds. The van der Waals surface area contributed by atoms with E-state index in [-0.39, 0.29) is 29.5 Å². The monoisotopic (exact) mass is 350 g/mol. The molecular weight excluding hydrogens is 332 g/mol. The number of nitro groups is 1. The lowest BCUT2D eigenvalue weighted by Crippen LogP contribution is -2.43. The van der Waals surface area contributed by atoms with E-state index in [1.807, 2.05) is 13.8 Å². The van der Waals surface area contributed by atoms with Crippen LogP contribution in [0.25, 0.3) is 0 Å². The van der Waals surface area contributed by atoms with Crippen molar-refractivity contribution >= 4 is 17.3 Å². The molecule has 25 heavy (non-hydrogen) atoms. The highest BCUT2D eigenvalue weighted by molar-refractivity contribution is 5.99. The summed E-state index contributed by atoms with van der Waals surface area (Å²) in [6, 6.07) is 0. The molecule has 0 aliphatic rings. The summed E-state index contributed by atoms with van der Waals surface area (Å²) >= 11 is 0. The molecule has 0 spiro atoms. The summed E-state index contributed by atoms with van der Waals surface area (Å²) in [5.74, 6) is -0.837. The van der Waals surface area contributed by atoms with E-state index in [2.05, 4.69) is 5.10 Å². The van der Waals surface area contributed by atoms with Crippen LogP contribution < -0.4 is 17.0 Å². The molecule has 0 aromatic carbocycles. The Morgan fingerprint density at radius 1 is 1.40 bits per heavy atom. The van der Waals surface area contributed by atoms with Gasteiger partial charge in [0.05, 0.1) is 4.92 Å². The van der Waals surface area contributed by atoms with Crippen LogP contribution in [0.3, 0.4) is 0 Å². The van der Waals surface area contributed by atoms with E-state index < -0.39 is 28.5 Å². The molecule has 0 saturated heterocycles. The number of carbonyl (C=O) groups is 1. The molecule has 11 heteroatoms. The first-order valence-corrected chi connectivity index (χ1v) is 7.42. The second-order valence-corrected chi connectivity index (χ2v) is 5.99. The molecule has 0 aliphatic heterocycles. The van der Waals surface area contributed by atoms with Gasteiger partial charge in [0.25, 0.3) is 5.56 Å². The van der Waals surface area contributed by atoms with Crippen LogP contribution in [0.4, 0.5) is 11.5 Å². The van der Waals surface area contributed by atoms with Crippen LogP contribution >= 0.6 is 0 Å². The van der Waals surface area contributed by atoms with Gasteiger partial charge in [-0.2, -0.15) is 5.10 Å². The number of nitrogens with two attached hydrogens (primary N) is 1. The Bertz CT molecular complexity index is 952. The van der Waals surface area contributed by atoms with Gasteiger partial charge in [0, 0.05) is 13.6 Å². The first-order valence-electron chi connectivity index (χ1n) is 7.42. The molecule has 2 aromatic heterocycles. The van der Waals surface area contributed by atoms with Gasteiger partial charge in [0.1, 0.15) is 30.3 Å². The zero-order chi connectivity index (χ0) is 18.9. The van der Waals surface area contributed by atoms with Crippen molar-refractivity contribution in [3.63, 3.8) is 0 Å². The molecule has 2 rings (SSSR count). The molecule has 0 aliphatic carbocycles. The molecule has 2 N–H and O–H groups in total. The summed E-state index contributed by atoms with van der Waals surface area (Å²) in [5, 5.41) is 14.4. The van der Waals surface area contributed by atoms with E-state index in [0.29, 0.717) is 0 Å². The maximum absolute atomic E-state index is 12.5. The van der Waals surface area contributed by atoms with Crippen LogP contribution in [-0.4, -0.2) is 29.6 Å². The van der Waals surface area contributed by atoms with Crippen LogP contribution in [0.5, 0.6) is 0 Å². The van der Waals surface area contributed by atoms with E-state index in [1.165, 1.54) is 11.6 Å². The summed E-state index contributed by atoms with van der Waals surface area (Å²) in [6.45, 7) is 3.56. The minimum atomic E-state index is -0.811. The van der Waals surface area contributed by atoms with Gasteiger partial charge >= 0.3 is 11.4 Å². The lowest BCUT2D eigenvalue weighted by Gasteiger charge is -2.16. The Morgan fingerprint density at radius 3 is 2.56 bits per heavy atom. The lowest BCUT2D eigenvalue weighted by molar-refractivity contribution is -0.385. The van der Waals surface area contributed by atoms with Crippen molar-refractivity contribution in [1.29, 1.82) is 0 Å². The largest absolute Gasteiger partial charge is 0.384 e. The van der Waals surface area contributed by atoms with E-state index in [0.717, 1.165) is 21.6 Å². The SMILES string of the molecule is CC(C)Cn1c(N)c(C(=O)Cn2cc([N+](=O)[O-])cn2)c(=O)n(C)c1=O. The van der Waals surface area contributed by atoms with Crippen molar-refractivity contribution in [2.75, 3.05) is 5.73 Å². The van der Waals surface area contributed by atoms with Crippen LogP contribution in [-0.2, 0) is 20.1 Å². The van der Waals surface area contributed by atoms with Crippen molar-refractivity contribution < 1.29 is 9.72 Å². The number of rotatable bonds is 6. The number of aromatic nitrogens is 4. The van der Waals surface area contributed by atoms with Gasteiger partial charge in [-0.1, -0.05) is 13.8 Å². The second-order valence-electron chi connectivity index (χ2n) is 5.99. The number of hydrogen-bond acceptors (Lipinski definition) is 7. The van der Waals surface area contributed by atoms with Gasteiger partial charge in [0.2, 0.25) is 0 Å². The number of nitrogens with zero attached hydrogens (tertiary/aromatic N) is 5. The molecule has 0 radical (unpaired) electrons. The highest BCUT2D eigenvalue weighted by Crippen LogP contribution is 2.11. The van der Waals surface area contributed by atoms with Gasteiger partial charge < -0.3 is 5.73 Å². The van der Waals surface area contributed by atoms with Gasteiger partial charge in [-0.3, -0.25) is 33.5 Å². The molecule has 2 aromatic rings. The van der Waals surface area contributed by atoms with Crippen LogP contribution in [0.15, 0.2) is 22.0 Å². The average Bonchev–Trinajstić information content (AvgIpc) is 2.98.